The van der Waals surface area contributed by atoms with Crippen LogP contribution in [-0.2, 0) is 0 Å². The lowest BCUT2D eigenvalue weighted by atomic mass is 10.1. The number of methoxy groups -OCH3 is 2. The Morgan fingerprint density at radius 2 is 1.95 bits per heavy atom. The molecule has 6 heteroatoms. The van der Waals surface area contributed by atoms with E-state index in [0.717, 1.165) is 29.8 Å². The molecule has 0 spiro atoms. The van der Waals surface area contributed by atoms with Gasteiger partial charge in [-0.2, -0.15) is 0 Å². The van der Waals surface area contributed by atoms with Gasteiger partial charge in [0.05, 0.1) is 19.8 Å². The van der Waals surface area contributed by atoms with Gasteiger partial charge < -0.3 is 14.9 Å². The first-order valence-electron chi connectivity index (χ1n) is 6.83. The van der Waals surface area contributed by atoms with Gasteiger partial charge in [-0.25, -0.2) is 15.8 Å². The number of aromatic nitrogens is 2. The summed E-state index contributed by atoms with van der Waals surface area (Å²) in [6.45, 7) is 0. The van der Waals surface area contributed by atoms with Crippen molar-refractivity contribution in [1.82, 2.24) is 9.97 Å². The highest BCUT2D eigenvalue weighted by Crippen LogP contribution is 2.41. The van der Waals surface area contributed by atoms with Crippen LogP contribution in [-0.4, -0.2) is 24.2 Å². The first-order chi connectivity index (χ1) is 10.2. The van der Waals surface area contributed by atoms with Crippen LogP contribution in [0.15, 0.2) is 24.3 Å². The number of nitrogen functional groups attached to an aromatic ring is 1. The van der Waals surface area contributed by atoms with Crippen molar-refractivity contribution in [3.8, 4) is 22.9 Å². The van der Waals surface area contributed by atoms with E-state index in [9.17, 15) is 0 Å². The summed E-state index contributed by atoms with van der Waals surface area (Å²) in [6, 6.07) is 7.45. The Hall–Kier alpha value is -2.34. The predicted octanol–water partition coefficient (Wildman–Crippen LogP) is 2.32. The van der Waals surface area contributed by atoms with Crippen LogP contribution < -0.4 is 20.7 Å². The Kier molecular flexibility index (Phi) is 3.62. The zero-order valence-corrected chi connectivity index (χ0v) is 12.1. The van der Waals surface area contributed by atoms with Gasteiger partial charge in [-0.05, 0) is 31.0 Å². The van der Waals surface area contributed by atoms with E-state index in [-0.39, 0.29) is 0 Å². The first kappa shape index (κ1) is 13.6. The molecule has 1 aromatic carbocycles. The Morgan fingerprint density at radius 1 is 1.14 bits per heavy atom. The molecular weight excluding hydrogens is 268 g/mol. The fourth-order valence-corrected chi connectivity index (χ4v) is 2.24. The van der Waals surface area contributed by atoms with Crippen molar-refractivity contribution < 1.29 is 9.47 Å². The van der Waals surface area contributed by atoms with Crippen molar-refractivity contribution in [3.05, 3.63) is 30.0 Å². The third-order valence-electron chi connectivity index (χ3n) is 3.54. The fraction of sp³-hybridized carbons (Fsp3) is 0.333. The van der Waals surface area contributed by atoms with Crippen LogP contribution in [0.2, 0.25) is 0 Å². The molecular formula is C15H18N4O2. The third-order valence-corrected chi connectivity index (χ3v) is 3.54. The van der Waals surface area contributed by atoms with Crippen molar-refractivity contribution in [3.63, 3.8) is 0 Å². The van der Waals surface area contributed by atoms with Crippen molar-refractivity contribution in [2.24, 2.45) is 5.84 Å². The van der Waals surface area contributed by atoms with Crippen LogP contribution in [0.5, 0.6) is 11.5 Å². The maximum absolute atomic E-state index is 5.52. The molecule has 0 saturated heterocycles. The summed E-state index contributed by atoms with van der Waals surface area (Å²) in [4.78, 5) is 9.09. The van der Waals surface area contributed by atoms with Gasteiger partial charge in [0.25, 0.3) is 0 Å². The van der Waals surface area contributed by atoms with E-state index in [1.165, 1.54) is 0 Å². The van der Waals surface area contributed by atoms with E-state index in [0.29, 0.717) is 23.3 Å². The molecule has 0 radical (unpaired) electrons. The van der Waals surface area contributed by atoms with E-state index >= 15 is 0 Å². The molecule has 0 amide bonds. The number of anilines is 1. The Bertz CT molecular complexity index is 656. The Labute approximate surface area is 123 Å². The molecule has 0 atom stereocenters. The Morgan fingerprint density at radius 3 is 2.57 bits per heavy atom. The van der Waals surface area contributed by atoms with E-state index in [1.54, 1.807) is 14.2 Å². The SMILES string of the molecule is COc1ccc(OC)c(-c2nc(NN)cc(C3CC3)n2)c1. The molecule has 110 valence electrons. The minimum atomic E-state index is 0.510. The number of nitrogens with zero attached hydrogens (tertiary/aromatic N) is 2. The van der Waals surface area contributed by atoms with Crippen molar-refractivity contribution >= 4 is 5.82 Å². The van der Waals surface area contributed by atoms with Gasteiger partial charge in [0, 0.05) is 17.7 Å². The summed E-state index contributed by atoms with van der Waals surface area (Å²) in [5, 5.41) is 0. The molecule has 1 aliphatic rings. The standard InChI is InChI=1S/C15H18N4O2/c1-20-10-5-6-13(21-2)11(7-10)15-17-12(9-3-4-9)8-14(18-15)19-16/h5-9H,3-4,16H2,1-2H3,(H,17,18,19). The van der Waals surface area contributed by atoms with E-state index < -0.39 is 0 Å². The molecule has 1 fully saturated rings. The maximum atomic E-state index is 5.52. The number of hydrazine groups is 1. The topological polar surface area (TPSA) is 82.3 Å². The van der Waals surface area contributed by atoms with E-state index in [2.05, 4.69) is 15.4 Å². The molecule has 1 saturated carbocycles. The van der Waals surface area contributed by atoms with Crippen molar-refractivity contribution in [2.45, 2.75) is 18.8 Å². The third kappa shape index (κ3) is 2.75. The van der Waals surface area contributed by atoms with Gasteiger partial charge in [0.2, 0.25) is 0 Å². The normalized spacial score (nSPS) is 13.9. The van der Waals surface area contributed by atoms with Gasteiger partial charge in [-0.15, -0.1) is 0 Å². The average Bonchev–Trinajstić information content (AvgIpc) is 3.38. The number of nitrogens with one attached hydrogen (secondary N) is 1. The smallest absolute Gasteiger partial charge is 0.165 e. The van der Waals surface area contributed by atoms with Crippen LogP contribution >= 0.6 is 0 Å². The second-order valence-electron chi connectivity index (χ2n) is 4.99. The van der Waals surface area contributed by atoms with Crippen molar-refractivity contribution in [2.75, 3.05) is 19.6 Å². The summed E-state index contributed by atoms with van der Waals surface area (Å²) >= 11 is 0. The van der Waals surface area contributed by atoms with E-state index in [4.69, 9.17) is 15.3 Å². The number of ether oxygens (including phenoxy) is 2. The molecule has 0 bridgehead atoms. The van der Waals surface area contributed by atoms with Crippen LogP contribution in [0.25, 0.3) is 11.4 Å². The highest BCUT2D eigenvalue weighted by atomic mass is 16.5. The molecule has 0 aliphatic heterocycles. The molecule has 21 heavy (non-hydrogen) atoms. The van der Waals surface area contributed by atoms with Gasteiger partial charge in [-0.3, -0.25) is 0 Å². The minimum Gasteiger partial charge on any atom is -0.497 e. The lowest BCUT2D eigenvalue weighted by Gasteiger charge is -2.11. The highest BCUT2D eigenvalue weighted by molar-refractivity contribution is 5.67. The lowest BCUT2D eigenvalue weighted by molar-refractivity contribution is 0.404. The number of hydrogen-bond acceptors (Lipinski definition) is 6. The summed E-state index contributed by atoms with van der Waals surface area (Å²) in [5.41, 5.74) is 4.40. The molecule has 0 unspecified atom stereocenters. The minimum absolute atomic E-state index is 0.510. The average molecular weight is 286 g/mol. The van der Waals surface area contributed by atoms with Gasteiger partial charge in [0.1, 0.15) is 17.3 Å². The first-order valence-corrected chi connectivity index (χ1v) is 6.83. The second kappa shape index (κ2) is 5.57. The fourth-order valence-electron chi connectivity index (χ4n) is 2.24. The monoisotopic (exact) mass is 286 g/mol. The lowest BCUT2D eigenvalue weighted by Crippen LogP contribution is -2.10. The number of rotatable bonds is 5. The zero-order valence-electron chi connectivity index (χ0n) is 12.1. The Balaban J connectivity index is 2.12. The molecule has 3 N–H and O–H groups in total. The number of hydrogen-bond donors (Lipinski definition) is 2. The second-order valence-corrected chi connectivity index (χ2v) is 4.99. The zero-order chi connectivity index (χ0) is 14.8. The van der Waals surface area contributed by atoms with Crippen LogP contribution in [0.1, 0.15) is 24.5 Å². The van der Waals surface area contributed by atoms with Gasteiger partial charge >= 0.3 is 0 Å². The molecule has 1 aromatic heterocycles. The maximum Gasteiger partial charge on any atom is 0.165 e. The van der Waals surface area contributed by atoms with Gasteiger partial charge in [-0.1, -0.05) is 0 Å². The number of nitrogens with two attached hydrogens (primary N) is 1. The largest absolute Gasteiger partial charge is 0.497 e. The molecule has 6 nitrogen and oxygen atoms in total. The van der Waals surface area contributed by atoms with Crippen LogP contribution in [0, 0.1) is 0 Å². The van der Waals surface area contributed by atoms with Crippen molar-refractivity contribution in [1.29, 1.82) is 0 Å². The summed E-state index contributed by atoms with van der Waals surface area (Å²) < 4.78 is 10.7. The van der Waals surface area contributed by atoms with Gasteiger partial charge in [0.15, 0.2) is 5.82 Å². The summed E-state index contributed by atoms with van der Waals surface area (Å²) in [5.74, 6) is 8.65. The molecule has 3 rings (SSSR count). The highest BCUT2D eigenvalue weighted by Gasteiger charge is 2.26. The van der Waals surface area contributed by atoms with E-state index in [1.807, 2.05) is 24.3 Å². The number of benzene rings is 1. The van der Waals surface area contributed by atoms with Crippen LogP contribution in [0.3, 0.4) is 0 Å². The van der Waals surface area contributed by atoms with Crippen LogP contribution in [0.4, 0.5) is 5.82 Å². The summed E-state index contributed by atoms with van der Waals surface area (Å²) in [6.07, 6.45) is 2.32. The quantitative estimate of drug-likeness (QED) is 0.648. The molecule has 2 aromatic rings. The molecule has 1 heterocycles. The summed E-state index contributed by atoms with van der Waals surface area (Å²) in [7, 11) is 3.25. The molecule has 1 aliphatic carbocycles. The predicted molar refractivity (Wildman–Crippen MR) is 80.4 cm³/mol.